The predicted molar refractivity (Wildman–Crippen MR) is 78.6 cm³/mol. The summed E-state index contributed by atoms with van der Waals surface area (Å²) in [6.07, 6.45) is -4.48. The molecule has 0 bridgehead atoms. The molecule has 9 heteroatoms. The highest BCUT2D eigenvalue weighted by atomic mass is 32.1. The molecule has 0 atom stereocenters. The highest BCUT2D eigenvalue weighted by molar-refractivity contribution is 7.09. The molecular formula is C14H14F3N3O2S. The Bertz CT molecular complexity index is 673. The third-order valence-corrected chi connectivity index (χ3v) is 3.82. The van der Waals surface area contributed by atoms with Crippen molar-refractivity contribution in [2.45, 2.75) is 25.9 Å². The average molecular weight is 345 g/mol. The van der Waals surface area contributed by atoms with E-state index in [2.05, 4.69) is 15.6 Å². The van der Waals surface area contributed by atoms with Crippen molar-refractivity contribution in [2.24, 2.45) is 0 Å². The van der Waals surface area contributed by atoms with E-state index >= 15 is 0 Å². The van der Waals surface area contributed by atoms with Crippen LogP contribution in [0.25, 0.3) is 0 Å². The highest BCUT2D eigenvalue weighted by Gasteiger charge is 2.33. The molecule has 0 saturated heterocycles. The molecule has 2 aromatic rings. The van der Waals surface area contributed by atoms with Crippen LogP contribution in [-0.2, 0) is 25.9 Å². The lowest BCUT2D eigenvalue weighted by Gasteiger charge is -2.09. The van der Waals surface area contributed by atoms with E-state index in [4.69, 9.17) is 0 Å². The topological polar surface area (TPSA) is 74.2 Å². The second-order valence-electron chi connectivity index (χ2n) is 4.59. The molecule has 0 saturated carbocycles. The number of aliphatic hydroxyl groups excluding tert-OH is 1. The average Bonchev–Trinajstić information content (AvgIpc) is 3.00. The van der Waals surface area contributed by atoms with Gasteiger partial charge in [-0.2, -0.15) is 13.2 Å². The van der Waals surface area contributed by atoms with Gasteiger partial charge in [-0.1, -0.05) is 24.3 Å². The first kappa shape index (κ1) is 17.2. The summed E-state index contributed by atoms with van der Waals surface area (Å²) >= 11 is 0.832. The lowest BCUT2D eigenvalue weighted by atomic mass is 10.1. The Morgan fingerprint density at radius 2 is 1.83 bits per heavy atom. The van der Waals surface area contributed by atoms with E-state index in [0.29, 0.717) is 5.56 Å². The van der Waals surface area contributed by atoms with Gasteiger partial charge in [-0.25, -0.2) is 9.78 Å². The Hall–Kier alpha value is -2.13. The van der Waals surface area contributed by atoms with Gasteiger partial charge in [0.15, 0.2) is 5.69 Å². The number of hydrogen-bond donors (Lipinski definition) is 3. The third kappa shape index (κ3) is 4.93. The number of halogens is 3. The lowest BCUT2D eigenvalue weighted by molar-refractivity contribution is -0.140. The second kappa shape index (κ2) is 7.42. The van der Waals surface area contributed by atoms with Crippen molar-refractivity contribution in [3.05, 3.63) is 51.5 Å². The van der Waals surface area contributed by atoms with Crippen molar-refractivity contribution < 1.29 is 23.1 Å². The number of alkyl halides is 3. The molecule has 23 heavy (non-hydrogen) atoms. The lowest BCUT2D eigenvalue weighted by Crippen LogP contribution is -2.34. The summed E-state index contributed by atoms with van der Waals surface area (Å²) in [4.78, 5) is 15.1. The molecule has 0 aliphatic rings. The van der Waals surface area contributed by atoms with Gasteiger partial charge in [0.25, 0.3) is 0 Å². The van der Waals surface area contributed by atoms with Crippen LogP contribution in [0.15, 0.2) is 29.6 Å². The number of aliphatic hydroxyl groups is 1. The van der Waals surface area contributed by atoms with E-state index in [1.165, 1.54) is 0 Å². The SMILES string of the molecule is O=C(NCc1nc(C(F)(F)F)cs1)NCc1ccccc1CO. The fourth-order valence-corrected chi connectivity index (χ4v) is 2.54. The van der Waals surface area contributed by atoms with Gasteiger partial charge in [-0.3, -0.25) is 0 Å². The number of amides is 2. The van der Waals surface area contributed by atoms with Crippen LogP contribution in [0.1, 0.15) is 21.8 Å². The monoisotopic (exact) mass is 345 g/mol. The minimum Gasteiger partial charge on any atom is -0.392 e. The maximum absolute atomic E-state index is 12.4. The Labute approximate surface area is 134 Å². The molecular weight excluding hydrogens is 331 g/mol. The summed E-state index contributed by atoms with van der Waals surface area (Å²) in [5.41, 5.74) is 0.498. The molecule has 0 fully saturated rings. The number of thiazole rings is 1. The summed E-state index contributed by atoms with van der Waals surface area (Å²) < 4.78 is 37.2. The summed E-state index contributed by atoms with van der Waals surface area (Å²) in [6.45, 7) is -0.0265. The molecule has 0 aliphatic heterocycles. The van der Waals surface area contributed by atoms with Gasteiger partial charge in [-0.15, -0.1) is 11.3 Å². The van der Waals surface area contributed by atoms with E-state index in [9.17, 15) is 23.1 Å². The zero-order chi connectivity index (χ0) is 16.9. The molecule has 0 unspecified atom stereocenters. The largest absolute Gasteiger partial charge is 0.434 e. The van der Waals surface area contributed by atoms with Gasteiger partial charge in [0.1, 0.15) is 5.01 Å². The van der Waals surface area contributed by atoms with Gasteiger partial charge < -0.3 is 15.7 Å². The molecule has 2 amide bonds. The van der Waals surface area contributed by atoms with Crippen LogP contribution in [0.2, 0.25) is 0 Å². The third-order valence-electron chi connectivity index (χ3n) is 2.97. The minimum atomic E-state index is -4.48. The first-order valence-electron chi connectivity index (χ1n) is 6.61. The van der Waals surface area contributed by atoms with E-state index in [1.54, 1.807) is 24.3 Å². The molecule has 1 aromatic carbocycles. The number of rotatable bonds is 5. The Morgan fingerprint density at radius 1 is 1.17 bits per heavy atom. The van der Waals surface area contributed by atoms with Crippen molar-refractivity contribution in [1.29, 1.82) is 0 Å². The first-order valence-corrected chi connectivity index (χ1v) is 7.49. The van der Waals surface area contributed by atoms with Crippen LogP contribution in [0.4, 0.5) is 18.0 Å². The molecule has 3 N–H and O–H groups in total. The van der Waals surface area contributed by atoms with Gasteiger partial charge in [-0.05, 0) is 11.1 Å². The van der Waals surface area contributed by atoms with Crippen molar-refractivity contribution in [1.82, 2.24) is 15.6 Å². The van der Waals surface area contributed by atoms with Crippen LogP contribution in [0.3, 0.4) is 0 Å². The molecule has 1 heterocycles. The van der Waals surface area contributed by atoms with E-state index < -0.39 is 17.9 Å². The minimum absolute atomic E-state index is 0.0891. The maximum atomic E-state index is 12.4. The first-order chi connectivity index (χ1) is 10.9. The standard InChI is InChI=1S/C14H14F3N3O2S/c15-14(16,17)11-8-23-12(20-11)6-19-13(22)18-5-9-3-1-2-4-10(9)7-21/h1-4,8,21H,5-7H2,(H2,18,19,22). The normalized spacial score (nSPS) is 11.3. The molecule has 5 nitrogen and oxygen atoms in total. The summed E-state index contributed by atoms with van der Waals surface area (Å²) in [5.74, 6) is 0. The zero-order valence-corrected chi connectivity index (χ0v) is 12.7. The van der Waals surface area contributed by atoms with Crippen LogP contribution in [-0.4, -0.2) is 16.1 Å². The fourth-order valence-electron chi connectivity index (χ4n) is 1.80. The van der Waals surface area contributed by atoms with Crippen molar-refractivity contribution in [3.63, 3.8) is 0 Å². The van der Waals surface area contributed by atoms with E-state index in [1.807, 2.05) is 0 Å². The fraction of sp³-hybridized carbons (Fsp3) is 0.286. The number of nitrogens with zero attached hydrogens (tertiary/aromatic N) is 1. The molecule has 124 valence electrons. The molecule has 0 radical (unpaired) electrons. The van der Waals surface area contributed by atoms with Crippen LogP contribution in [0.5, 0.6) is 0 Å². The summed E-state index contributed by atoms with van der Waals surface area (Å²) in [7, 11) is 0. The van der Waals surface area contributed by atoms with Gasteiger partial charge in [0, 0.05) is 11.9 Å². The number of benzene rings is 1. The van der Waals surface area contributed by atoms with Crippen LogP contribution >= 0.6 is 11.3 Å². The van der Waals surface area contributed by atoms with Gasteiger partial charge in [0.2, 0.25) is 0 Å². The molecule has 2 rings (SSSR count). The number of carbonyl (C=O) groups is 1. The Morgan fingerprint density at radius 3 is 2.43 bits per heavy atom. The van der Waals surface area contributed by atoms with E-state index in [0.717, 1.165) is 22.3 Å². The number of aromatic nitrogens is 1. The van der Waals surface area contributed by atoms with Gasteiger partial charge >= 0.3 is 12.2 Å². The molecule has 1 aromatic heterocycles. The molecule has 0 aliphatic carbocycles. The van der Waals surface area contributed by atoms with Crippen molar-refractivity contribution in [2.75, 3.05) is 0 Å². The quantitative estimate of drug-likeness (QED) is 0.780. The Kier molecular flexibility index (Phi) is 5.56. The van der Waals surface area contributed by atoms with Crippen molar-refractivity contribution in [3.8, 4) is 0 Å². The van der Waals surface area contributed by atoms with Crippen molar-refractivity contribution >= 4 is 17.4 Å². The summed E-state index contributed by atoms with van der Waals surface area (Å²) in [5, 5.41) is 15.3. The second-order valence-corrected chi connectivity index (χ2v) is 5.53. The Balaban J connectivity index is 1.82. The van der Waals surface area contributed by atoms with Crippen LogP contribution < -0.4 is 10.6 Å². The van der Waals surface area contributed by atoms with E-state index in [-0.39, 0.29) is 24.7 Å². The number of urea groups is 1. The highest BCUT2D eigenvalue weighted by Crippen LogP contribution is 2.29. The smallest absolute Gasteiger partial charge is 0.392 e. The predicted octanol–water partition coefficient (Wildman–Crippen LogP) is 2.65. The van der Waals surface area contributed by atoms with Crippen LogP contribution in [0, 0.1) is 0 Å². The zero-order valence-electron chi connectivity index (χ0n) is 11.9. The number of nitrogens with one attached hydrogen (secondary N) is 2. The molecule has 0 spiro atoms. The number of hydrogen-bond acceptors (Lipinski definition) is 4. The van der Waals surface area contributed by atoms with Gasteiger partial charge in [0.05, 0.1) is 13.2 Å². The maximum Gasteiger partial charge on any atom is 0.434 e. The number of carbonyl (C=O) groups excluding carboxylic acids is 1. The summed E-state index contributed by atoms with van der Waals surface area (Å²) in [6, 6.07) is 6.53.